The van der Waals surface area contributed by atoms with E-state index in [4.69, 9.17) is 9.47 Å². The van der Waals surface area contributed by atoms with Crippen molar-refractivity contribution in [3.63, 3.8) is 0 Å². The van der Waals surface area contributed by atoms with Crippen molar-refractivity contribution in [3.05, 3.63) is 18.2 Å². The Hall–Kier alpha value is -2.08. The minimum absolute atomic E-state index is 0.0139. The van der Waals surface area contributed by atoms with Crippen molar-refractivity contribution in [2.75, 3.05) is 31.0 Å². The second-order valence-corrected chi connectivity index (χ2v) is 3.53. The van der Waals surface area contributed by atoms with E-state index in [0.717, 1.165) is 0 Å². The first-order chi connectivity index (χ1) is 8.19. The van der Waals surface area contributed by atoms with Crippen LogP contribution < -0.4 is 15.4 Å². The standard InChI is InChI=1S/C11H12N2O4/c1-16-5-10(14)12-7-2-3-9-8(4-7)13-11(15)6-17-9/h2-4H,5-6H2,1H3,(H,12,14)(H,13,15). The molecular formula is C11H12N2O4. The number of nitrogens with one attached hydrogen (secondary N) is 2. The fraction of sp³-hybridized carbons (Fsp3) is 0.273. The summed E-state index contributed by atoms with van der Waals surface area (Å²) >= 11 is 0. The molecule has 1 heterocycles. The highest BCUT2D eigenvalue weighted by Gasteiger charge is 2.16. The van der Waals surface area contributed by atoms with Gasteiger partial charge in [-0.2, -0.15) is 0 Å². The van der Waals surface area contributed by atoms with Gasteiger partial charge in [-0.3, -0.25) is 9.59 Å². The van der Waals surface area contributed by atoms with Crippen LogP contribution in [-0.2, 0) is 14.3 Å². The number of benzene rings is 1. The average Bonchev–Trinajstić information content (AvgIpc) is 2.28. The number of methoxy groups -OCH3 is 1. The predicted molar refractivity (Wildman–Crippen MR) is 61.1 cm³/mol. The van der Waals surface area contributed by atoms with Gasteiger partial charge in [0.2, 0.25) is 5.91 Å². The quantitative estimate of drug-likeness (QED) is 0.805. The molecule has 1 aliphatic rings. The molecule has 6 heteroatoms. The lowest BCUT2D eigenvalue weighted by Crippen LogP contribution is -2.25. The van der Waals surface area contributed by atoms with Crippen LogP contribution in [0.2, 0.25) is 0 Å². The molecule has 6 nitrogen and oxygen atoms in total. The summed E-state index contributed by atoms with van der Waals surface area (Å²) in [6.45, 7) is 0.00231. The van der Waals surface area contributed by atoms with Crippen LogP contribution in [0.15, 0.2) is 18.2 Å². The van der Waals surface area contributed by atoms with Gasteiger partial charge in [0.25, 0.3) is 5.91 Å². The van der Waals surface area contributed by atoms with Gasteiger partial charge in [-0.15, -0.1) is 0 Å². The predicted octanol–water partition coefficient (Wildman–Crippen LogP) is 0.602. The summed E-state index contributed by atoms with van der Waals surface area (Å²) < 4.78 is 9.89. The van der Waals surface area contributed by atoms with E-state index in [1.807, 2.05) is 0 Å². The second kappa shape index (κ2) is 4.84. The Morgan fingerprint density at radius 3 is 3.18 bits per heavy atom. The minimum atomic E-state index is -0.254. The molecule has 2 N–H and O–H groups in total. The van der Waals surface area contributed by atoms with Crippen molar-refractivity contribution in [1.29, 1.82) is 0 Å². The van der Waals surface area contributed by atoms with E-state index >= 15 is 0 Å². The summed E-state index contributed by atoms with van der Waals surface area (Å²) in [7, 11) is 1.44. The molecule has 0 aromatic heterocycles. The highest BCUT2D eigenvalue weighted by molar-refractivity contribution is 5.97. The number of hydrogen-bond donors (Lipinski definition) is 2. The first-order valence-corrected chi connectivity index (χ1v) is 5.04. The number of carbonyl (C=O) groups is 2. The van der Waals surface area contributed by atoms with E-state index < -0.39 is 0 Å². The van der Waals surface area contributed by atoms with E-state index in [1.165, 1.54) is 7.11 Å². The lowest BCUT2D eigenvalue weighted by atomic mass is 10.2. The Balaban J connectivity index is 2.13. The third kappa shape index (κ3) is 2.73. The van der Waals surface area contributed by atoms with Crippen LogP contribution in [0.5, 0.6) is 5.75 Å². The number of hydrogen-bond acceptors (Lipinski definition) is 4. The molecule has 1 aliphatic heterocycles. The van der Waals surface area contributed by atoms with Crippen LogP contribution in [0.25, 0.3) is 0 Å². The molecule has 90 valence electrons. The molecule has 0 saturated carbocycles. The molecule has 2 rings (SSSR count). The molecular weight excluding hydrogens is 224 g/mol. The summed E-state index contributed by atoms with van der Waals surface area (Å²) in [6, 6.07) is 5.03. The maximum Gasteiger partial charge on any atom is 0.262 e. The monoisotopic (exact) mass is 236 g/mol. The number of ether oxygens (including phenoxy) is 2. The minimum Gasteiger partial charge on any atom is -0.482 e. The zero-order chi connectivity index (χ0) is 12.3. The third-order valence-electron chi connectivity index (χ3n) is 2.17. The molecule has 0 atom stereocenters. The van der Waals surface area contributed by atoms with Gasteiger partial charge < -0.3 is 20.1 Å². The maximum atomic E-state index is 11.3. The first-order valence-electron chi connectivity index (χ1n) is 5.04. The number of carbonyl (C=O) groups excluding carboxylic acids is 2. The van der Waals surface area contributed by atoms with Gasteiger partial charge in [0, 0.05) is 12.8 Å². The van der Waals surface area contributed by atoms with Crippen LogP contribution in [0.4, 0.5) is 11.4 Å². The van der Waals surface area contributed by atoms with Crippen LogP contribution in [0, 0.1) is 0 Å². The normalized spacial score (nSPS) is 13.4. The van der Waals surface area contributed by atoms with Crippen LogP contribution >= 0.6 is 0 Å². The fourth-order valence-corrected chi connectivity index (χ4v) is 1.49. The van der Waals surface area contributed by atoms with Crippen molar-refractivity contribution >= 4 is 23.2 Å². The average molecular weight is 236 g/mol. The van der Waals surface area contributed by atoms with Gasteiger partial charge in [-0.1, -0.05) is 0 Å². The molecule has 0 saturated heterocycles. The lowest BCUT2D eigenvalue weighted by molar-refractivity contribution is -0.120. The highest BCUT2D eigenvalue weighted by Crippen LogP contribution is 2.30. The molecule has 0 spiro atoms. The Morgan fingerprint density at radius 2 is 2.41 bits per heavy atom. The topological polar surface area (TPSA) is 76.7 Å². The molecule has 1 aromatic rings. The van der Waals surface area contributed by atoms with E-state index in [9.17, 15) is 9.59 Å². The first kappa shape index (κ1) is 11.4. The lowest BCUT2D eigenvalue weighted by Gasteiger charge is -2.18. The van der Waals surface area contributed by atoms with E-state index in [2.05, 4.69) is 10.6 Å². The maximum absolute atomic E-state index is 11.3. The van der Waals surface area contributed by atoms with Crippen LogP contribution in [0.1, 0.15) is 0 Å². The fourth-order valence-electron chi connectivity index (χ4n) is 1.49. The Labute approximate surface area is 97.9 Å². The molecule has 0 unspecified atom stereocenters. The summed E-state index contributed by atoms with van der Waals surface area (Å²) in [6.07, 6.45) is 0. The summed E-state index contributed by atoms with van der Waals surface area (Å²) in [5.41, 5.74) is 1.13. The van der Waals surface area contributed by atoms with Crippen molar-refractivity contribution in [3.8, 4) is 5.75 Å². The van der Waals surface area contributed by atoms with Gasteiger partial charge >= 0.3 is 0 Å². The zero-order valence-corrected chi connectivity index (χ0v) is 9.28. The van der Waals surface area contributed by atoms with Gasteiger partial charge in [-0.05, 0) is 18.2 Å². The summed E-state index contributed by atoms with van der Waals surface area (Å²) in [4.78, 5) is 22.4. The number of amides is 2. The smallest absolute Gasteiger partial charge is 0.262 e. The van der Waals surface area contributed by atoms with Crippen molar-refractivity contribution in [1.82, 2.24) is 0 Å². The van der Waals surface area contributed by atoms with Gasteiger partial charge in [0.1, 0.15) is 12.4 Å². The number of anilines is 2. The molecule has 2 amide bonds. The zero-order valence-electron chi connectivity index (χ0n) is 9.28. The van der Waals surface area contributed by atoms with Crippen molar-refractivity contribution < 1.29 is 19.1 Å². The third-order valence-corrected chi connectivity index (χ3v) is 2.17. The van der Waals surface area contributed by atoms with E-state index in [-0.39, 0.29) is 25.0 Å². The van der Waals surface area contributed by atoms with Gasteiger partial charge in [-0.25, -0.2) is 0 Å². The molecule has 0 aliphatic carbocycles. The SMILES string of the molecule is COCC(=O)Nc1ccc2c(c1)NC(=O)CO2. The van der Waals surface area contributed by atoms with E-state index in [1.54, 1.807) is 18.2 Å². The van der Waals surface area contributed by atoms with Crippen LogP contribution in [-0.4, -0.2) is 32.1 Å². The van der Waals surface area contributed by atoms with Gasteiger partial charge in [0.05, 0.1) is 5.69 Å². The van der Waals surface area contributed by atoms with E-state index in [0.29, 0.717) is 17.1 Å². The Bertz CT molecular complexity index is 459. The van der Waals surface area contributed by atoms with Crippen LogP contribution in [0.3, 0.4) is 0 Å². The largest absolute Gasteiger partial charge is 0.482 e. The molecule has 0 bridgehead atoms. The van der Waals surface area contributed by atoms with Gasteiger partial charge in [0.15, 0.2) is 6.61 Å². The Morgan fingerprint density at radius 1 is 1.59 bits per heavy atom. The molecule has 0 radical (unpaired) electrons. The number of rotatable bonds is 3. The number of fused-ring (bicyclic) bond motifs is 1. The molecule has 17 heavy (non-hydrogen) atoms. The Kier molecular flexibility index (Phi) is 3.24. The van der Waals surface area contributed by atoms with Crippen molar-refractivity contribution in [2.45, 2.75) is 0 Å². The highest BCUT2D eigenvalue weighted by atomic mass is 16.5. The van der Waals surface area contributed by atoms with Crippen molar-refractivity contribution in [2.24, 2.45) is 0 Å². The molecule has 0 fully saturated rings. The molecule has 1 aromatic carbocycles. The second-order valence-electron chi connectivity index (χ2n) is 3.53. The summed E-state index contributed by atoms with van der Waals surface area (Å²) in [5.74, 6) is 0.128. The summed E-state index contributed by atoms with van der Waals surface area (Å²) in [5, 5.41) is 5.30.